The predicted octanol–water partition coefficient (Wildman–Crippen LogP) is 3.34. The molecular weight excluding hydrogens is 249 g/mol. The van der Waals surface area contributed by atoms with Crippen LogP contribution in [0, 0.1) is 24.4 Å². The molecule has 0 amide bonds. The second kappa shape index (κ2) is 4.36. The van der Waals surface area contributed by atoms with Gasteiger partial charge < -0.3 is 9.15 Å². The van der Waals surface area contributed by atoms with Gasteiger partial charge in [0.2, 0.25) is 0 Å². The first-order valence-electron chi connectivity index (χ1n) is 5.21. The molecule has 6 heteroatoms. The molecule has 0 saturated heterocycles. The monoisotopic (exact) mass is 258 g/mol. The van der Waals surface area contributed by atoms with Crippen molar-refractivity contribution in [2.24, 2.45) is 0 Å². The van der Waals surface area contributed by atoms with Crippen molar-refractivity contribution in [1.29, 1.82) is 0 Å². The SMILES string of the molecule is CCOC(=O)c1c(C)oc2c(F)cc(F)c(F)c12. The number of fused-ring (bicyclic) bond motifs is 1. The van der Waals surface area contributed by atoms with Crippen molar-refractivity contribution in [3.63, 3.8) is 0 Å². The van der Waals surface area contributed by atoms with Gasteiger partial charge in [0.05, 0.1) is 12.0 Å². The third kappa shape index (κ3) is 1.73. The van der Waals surface area contributed by atoms with E-state index in [1.54, 1.807) is 6.92 Å². The summed E-state index contributed by atoms with van der Waals surface area (Å²) in [6.07, 6.45) is 0. The molecule has 0 aliphatic heterocycles. The number of carbonyl (C=O) groups excluding carboxylic acids is 1. The molecule has 96 valence electrons. The highest BCUT2D eigenvalue weighted by atomic mass is 19.2. The molecule has 0 N–H and O–H groups in total. The Morgan fingerprint density at radius 1 is 1.33 bits per heavy atom. The van der Waals surface area contributed by atoms with Crippen LogP contribution in [0.1, 0.15) is 23.0 Å². The number of esters is 1. The van der Waals surface area contributed by atoms with Crippen molar-refractivity contribution < 1.29 is 27.1 Å². The maximum Gasteiger partial charge on any atom is 0.342 e. The van der Waals surface area contributed by atoms with Crippen LogP contribution in [-0.2, 0) is 4.74 Å². The second-order valence-corrected chi connectivity index (χ2v) is 3.61. The third-order valence-electron chi connectivity index (χ3n) is 2.46. The molecule has 0 fully saturated rings. The Labute approximate surface area is 100 Å². The van der Waals surface area contributed by atoms with Crippen molar-refractivity contribution in [3.8, 4) is 0 Å². The van der Waals surface area contributed by atoms with E-state index in [1.807, 2.05) is 0 Å². The normalized spacial score (nSPS) is 10.9. The smallest absolute Gasteiger partial charge is 0.342 e. The summed E-state index contributed by atoms with van der Waals surface area (Å²) < 4.78 is 49.8. The summed E-state index contributed by atoms with van der Waals surface area (Å²) in [5, 5.41) is -0.525. The Bertz CT molecular complexity index is 631. The summed E-state index contributed by atoms with van der Waals surface area (Å²) in [5.74, 6) is -4.68. The second-order valence-electron chi connectivity index (χ2n) is 3.61. The van der Waals surface area contributed by atoms with Crippen LogP contribution >= 0.6 is 0 Å². The number of hydrogen-bond donors (Lipinski definition) is 0. The Hall–Kier alpha value is -1.98. The average molecular weight is 258 g/mol. The molecule has 2 rings (SSSR count). The minimum atomic E-state index is -1.38. The van der Waals surface area contributed by atoms with Crippen LogP contribution in [0.3, 0.4) is 0 Å². The van der Waals surface area contributed by atoms with E-state index in [1.165, 1.54) is 6.92 Å². The molecule has 0 saturated carbocycles. The number of hydrogen-bond acceptors (Lipinski definition) is 3. The predicted molar refractivity (Wildman–Crippen MR) is 56.8 cm³/mol. The summed E-state index contributed by atoms with van der Waals surface area (Å²) in [4.78, 5) is 11.6. The van der Waals surface area contributed by atoms with E-state index in [0.29, 0.717) is 6.07 Å². The molecule has 3 nitrogen and oxygen atoms in total. The average Bonchev–Trinajstić information content (AvgIpc) is 2.65. The lowest BCUT2D eigenvalue weighted by molar-refractivity contribution is 0.0526. The fourth-order valence-corrected chi connectivity index (χ4v) is 1.73. The number of halogens is 3. The van der Waals surface area contributed by atoms with Gasteiger partial charge in [0, 0.05) is 6.07 Å². The zero-order valence-electron chi connectivity index (χ0n) is 9.64. The fourth-order valence-electron chi connectivity index (χ4n) is 1.73. The maximum atomic E-state index is 13.6. The van der Waals surface area contributed by atoms with E-state index in [-0.39, 0.29) is 17.9 Å². The molecule has 2 aromatic rings. The molecule has 0 bridgehead atoms. The van der Waals surface area contributed by atoms with Crippen molar-refractivity contribution in [3.05, 3.63) is 34.8 Å². The number of furan rings is 1. The van der Waals surface area contributed by atoms with E-state index >= 15 is 0 Å². The third-order valence-corrected chi connectivity index (χ3v) is 2.46. The highest BCUT2D eigenvalue weighted by molar-refractivity contribution is 6.04. The Morgan fingerprint density at radius 3 is 2.61 bits per heavy atom. The number of aryl methyl sites for hydroxylation is 1. The summed E-state index contributed by atoms with van der Waals surface area (Å²) in [7, 11) is 0. The largest absolute Gasteiger partial charge is 0.462 e. The number of ether oxygens (including phenoxy) is 1. The molecule has 18 heavy (non-hydrogen) atoms. The molecule has 1 aromatic carbocycles. The van der Waals surface area contributed by atoms with Gasteiger partial charge in [0.25, 0.3) is 0 Å². The number of benzene rings is 1. The topological polar surface area (TPSA) is 39.4 Å². The lowest BCUT2D eigenvalue weighted by atomic mass is 10.1. The van der Waals surface area contributed by atoms with Crippen molar-refractivity contribution in [2.45, 2.75) is 13.8 Å². The van der Waals surface area contributed by atoms with E-state index in [0.717, 1.165) is 0 Å². The summed E-state index contributed by atoms with van der Waals surface area (Å²) in [6, 6.07) is 0.371. The van der Waals surface area contributed by atoms with Crippen molar-refractivity contribution in [2.75, 3.05) is 6.61 Å². The van der Waals surface area contributed by atoms with Crippen molar-refractivity contribution >= 4 is 16.9 Å². The lowest BCUT2D eigenvalue weighted by Crippen LogP contribution is -2.06. The standard InChI is InChI=1S/C12H9F3O3/c1-3-17-12(16)8-5(2)18-11-7(14)4-6(13)10(15)9(8)11/h4H,3H2,1-2H3. The van der Waals surface area contributed by atoms with Crippen LogP contribution < -0.4 is 0 Å². The first-order valence-corrected chi connectivity index (χ1v) is 5.21. The van der Waals surface area contributed by atoms with E-state index in [2.05, 4.69) is 0 Å². The molecule has 0 spiro atoms. The summed E-state index contributed by atoms with van der Waals surface area (Å²) in [5.41, 5.74) is -0.780. The molecule has 0 aliphatic carbocycles. The first-order chi connectivity index (χ1) is 8.47. The lowest BCUT2D eigenvalue weighted by Gasteiger charge is -2.01. The van der Waals surface area contributed by atoms with E-state index in [9.17, 15) is 18.0 Å². The van der Waals surface area contributed by atoms with Crippen LogP contribution in [0.4, 0.5) is 13.2 Å². The zero-order valence-corrected chi connectivity index (χ0v) is 9.64. The maximum absolute atomic E-state index is 13.6. The molecular formula is C12H9F3O3. The van der Waals surface area contributed by atoms with Crippen LogP contribution in [0.2, 0.25) is 0 Å². The minimum absolute atomic E-state index is 0.0214. The quantitative estimate of drug-likeness (QED) is 0.612. The Kier molecular flexibility index (Phi) is 3.02. The van der Waals surface area contributed by atoms with Gasteiger partial charge in [-0.3, -0.25) is 0 Å². The Morgan fingerprint density at radius 2 is 2.00 bits per heavy atom. The summed E-state index contributed by atoms with van der Waals surface area (Å²) in [6.45, 7) is 2.97. The molecule has 0 radical (unpaired) electrons. The molecule has 1 aromatic heterocycles. The van der Waals surface area contributed by atoms with Gasteiger partial charge in [0.1, 0.15) is 11.3 Å². The molecule has 0 atom stereocenters. The van der Waals surface area contributed by atoms with Gasteiger partial charge in [-0.25, -0.2) is 18.0 Å². The molecule has 1 heterocycles. The van der Waals surface area contributed by atoms with Gasteiger partial charge in [-0.05, 0) is 13.8 Å². The van der Waals surface area contributed by atoms with Gasteiger partial charge in [-0.2, -0.15) is 0 Å². The minimum Gasteiger partial charge on any atom is -0.462 e. The van der Waals surface area contributed by atoms with Gasteiger partial charge in [-0.15, -0.1) is 0 Å². The van der Waals surface area contributed by atoms with Gasteiger partial charge in [0.15, 0.2) is 23.0 Å². The van der Waals surface area contributed by atoms with Gasteiger partial charge in [-0.1, -0.05) is 0 Å². The van der Waals surface area contributed by atoms with Crippen LogP contribution in [0.25, 0.3) is 11.0 Å². The highest BCUT2D eigenvalue weighted by Gasteiger charge is 2.26. The fraction of sp³-hybridized carbons (Fsp3) is 0.250. The highest BCUT2D eigenvalue weighted by Crippen LogP contribution is 2.31. The van der Waals surface area contributed by atoms with Crippen molar-refractivity contribution in [1.82, 2.24) is 0 Å². The van der Waals surface area contributed by atoms with E-state index < -0.39 is 34.4 Å². The number of rotatable bonds is 2. The van der Waals surface area contributed by atoms with Crippen LogP contribution in [0.5, 0.6) is 0 Å². The first kappa shape index (κ1) is 12.5. The Balaban J connectivity index is 2.81. The summed E-state index contributed by atoms with van der Waals surface area (Å²) >= 11 is 0. The molecule has 0 aliphatic rings. The van der Waals surface area contributed by atoms with Crippen LogP contribution in [-0.4, -0.2) is 12.6 Å². The van der Waals surface area contributed by atoms with Crippen LogP contribution in [0.15, 0.2) is 10.5 Å². The number of carbonyl (C=O) groups is 1. The molecule has 0 unspecified atom stereocenters. The van der Waals surface area contributed by atoms with E-state index in [4.69, 9.17) is 9.15 Å². The van der Waals surface area contributed by atoms with Gasteiger partial charge >= 0.3 is 5.97 Å². The zero-order chi connectivity index (χ0) is 13.4.